The molecule has 0 fully saturated rings. The second-order valence-electron chi connectivity index (χ2n) is 8.68. The van der Waals surface area contributed by atoms with Gasteiger partial charge in [-0.15, -0.1) is 11.3 Å². The van der Waals surface area contributed by atoms with Crippen molar-refractivity contribution >= 4 is 34.2 Å². The number of benzene rings is 1. The molecule has 0 saturated carbocycles. The Morgan fingerprint density at radius 1 is 1.31 bits per heavy atom. The van der Waals surface area contributed by atoms with Gasteiger partial charge in [0.15, 0.2) is 11.5 Å². The topological polar surface area (TPSA) is 90.6 Å². The summed E-state index contributed by atoms with van der Waals surface area (Å²) in [4.78, 5) is 25.8. The largest absolute Gasteiger partial charge is 0.493 e. The molecule has 1 heterocycles. The first-order valence-corrected chi connectivity index (χ1v) is 11.8. The van der Waals surface area contributed by atoms with Crippen LogP contribution in [0.25, 0.3) is 6.08 Å². The lowest BCUT2D eigenvalue weighted by Gasteiger charge is -2.18. The van der Waals surface area contributed by atoms with E-state index in [1.807, 2.05) is 18.2 Å². The number of primary amides is 1. The molecule has 1 aromatic heterocycles. The third-order valence-corrected chi connectivity index (χ3v) is 6.73. The zero-order chi connectivity index (χ0) is 23.3. The van der Waals surface area contributed by atoms with Gasteiger partial charge in [0.25, 0.3) is 5.91 Å². The van der Waals surface area contributed by atoms with E-state index in [4.69, 9.17) is 15.2 Å². The Hall–Kier alpha value is -2.80. The van der Waals surface area contributed by atoms with E-state index in [2.05, 4.69) is 26.1 Å². The molecule has 2 amide bonds. The van der Waals surface area contributed by atoms with E-state index in [1.54, 1.807) is 13.2 Å². The summed E-state index contributed by atoms with van der Waals surface area (Å²) in [6, 6.07) is 5.54. The summed E-state index contributed by atoms with van der Waals surface area (Å²) < 4.78 is 11.2. The molecular weight excluding hydrogens is 424 g/mol. The zero-order valence-corrected chi connectivity index (χ0v) is 20.0. The Morgan fingerprint density at radius 3 is 2.78 bits per heavy atom. The number of hydrogen-bond donors (Lipinski definition) is 2. The van der Waals surface area contributed by atoms with Crippen LogP contribution in [-0.4, -0.2) is 25.5 Å². The standard InChI is InChI=1S/C25H32N2O4S/c1-15(2)11-12-31-19-9-6-17(14-20(19)30-4)7-10-22(28)27-25-23(24(26)29)18-8-5-16(3)13-21(18)32-25/h6-7,9-10,14-16H,5,8,11-13H2,1-4H3,(H2,26,29)(H,27,28)/b10-7+. The maximum atomic E-state index is 12.6. The number of carbonyl (C=O) groups is 2. The Labute approximate surface area is 193 Å². The van der Waals surface area contributed by atoms with E-state index >= 15 is 0 Å². The quantitative estimate of drug-likeness (QED) is 0.516. The molecule has 6 nitrogen and oxygen atoms in total. The van der Waals surface area contributed by atoms with E-state index in [-0.39, 0.29) is 5.91 Å². The molecule has 3 rings (SSSR count). The number of methoxy groups -OCH3 is 1. The second-order valence-corrected chi connectivity index (χ2v) is 9.79. The molecule has 32 heavy (non-hydrogen) atoms. The lowest BCUT2D eigenvalue weighted by molar-refractivity contribution is -0.111. The molecule has 1 atom stereocenters. The minimum Gasteiger partial charge on any atom is -0.493 e. The van der Waals surface area contributed by atoms with Gasteiger partial charge in [0, 0.05) is 11.0 Å². The van der Waals surface area contributed by atoms with Crippen LogP contribution in [0.4, 0.5) is 5.00 Å². The molecular formula is C25H32N2O4S. The summed E-state index contributed by atoms with van der Waals surface area (Å²) in [7, 11) is 1.59. The number of nitrogens with two attached hydrogens (primary N) is 1. The maximum absolute atomic E-state index is 12.6. The Balaban J connectivity index is 1.70. The first-order chi connectivity index (χ1) is 15.3. The van der Waals surface area contributed by atoms with Crippen molar-refractivity contribution in [3.63, 3.8) is 0 Å². The summed E-state index contributed by atoms with van der Waals surface area (Å²) in [5.41, 5.74) is 7.90. The van der Waals surface area contributed by atoms with Crippen molar-refractivity contribution in [1.82, 2.24) is 0 Å². The number of rotatable bonds is 9. The molecule has 1 unspecified atom stereocenters. The highest BCUT2D eigenvalue weighted by molar-refractivity contribution is 7.17. The molecule has 3 N–H and O–H groups in total. The molecule has 0 spiro atoms. The maximum Gasteiger partial charge on any atom is 0.251 e. The van der Waals surface area contributed by atoms with Gasteiger partial charge in [-0.3, -0.25) is 9.59 Å². The van der Waals surface area contributed by atoms with Crippen LogP contribution in [0, 0.1) is 11.8 Å². The summed E-state index contributed by atoms with van der Waals surface area (Å²) >= 11 is 1.46. The molecule has 1 aliphatic carbocycles. The number of nitrogens with one attached hydrogen (secondary N) is 1. The Morgan fingerprint density at radius 2 is 2.09 bits per heavy atom. The molecule has 2 aromatic rings. The summed E-state index contributed by atoms with van der Waals surface area (Å²) in [5, 5.41) is 3.39. The van der Waals surface area contributed by atoms with Gasteiger partial charge in [-0.25, -0.2) is 0 Å². The molecule has 7 heteroatoms. The van der Waals surface area contributed by atoms with Gasteiger partial charge >= 0.3 is 0 Å². The van der Waals surface area contributed by atoms with Gasteiger partial charge in [-0.1, -0.05) is 26.8 Å². The first kappa shape index (κ1) is 23.9. The van der Waals surface area contributed by atoms with Crippen molar-refractivity contribution in [1.29, 1.82) is 0 Å². The minimum atomic E-state index is -0.492. The van der Waals surface area contributed by atoms with Crippen molar-refractivity contribution in [2.24, 2.45) is 17.6 Å². The predicted molar refractivity (Wildman–Crippen MR) is 130 cm³/mol. The van der Waals surface area contributed by atoms with Crippen molar-refractivity contribution in [2.45, 2.75) is 46.5 Å². The number of anilines is 1. The van der Waals surface area contributed by atoms with Gasteiger partial charge in [0.05, 0.1) is 19.3 Å². The van der Waals surface area contributed by atoms with Crippen LogP contribution in [0.3, 0.4) is 0 Å². The predicted octanol–water partition coefficient (Wildman–Crippen LogP) is 5.06. The highest BCUT2D eigenvalue weighted by Gasteiger charge is 2.26. The van der Waals surface area contributed by atoms with Crippen LogP contribution in [0.2, 0.25) is 0 Å². The van der Waals surface area contributed by atoms with E-state index in [9.17, 15) is 9.59 Å². The van der Waals surface area contributed by atoms with Crippen LogP contribution in [0.15, 0.2) is 24.3 Å². The number of hydrogen-bond acceptors (Lipinski definition) is 5. The first-order valence-electron chi connectivity index (χ1n) is 11.0. The van der Waals surface area contributed by atoms with Crippen molar-refractivity contribution in [3.05, 3.63) is 45.8 Å². The minimum absolute atomic E-state index is 0.310. The van der Waals surface area contributed by atoms with Crippen LogP contribution in [0.5, 0.6) is 11.5 Å². The van der Waals surface area contributed by atoms with Crippen molar-refractivity contribution < 1.29 is 19.1 Å². The van der Waals surface area contributed by atoms with Gasteiger partial charge in [-0.2, -0.15) is 0 Å². The lowest BCUT2D eigenvalue weighted by atomic mass is 9.88. The zero-order valence-electron chi connectivity index (χ0n) is 19.2. The third-order valence-electron chi connectivity index (χ3n) is 5.56. The van der Waals surface area contributed by atoms with Crippen molar-refractivity contribution in [3.8, 4) is 11.5 Å². The average Bonchev–Trinajstić information content (AvgIpc) is 3.09. The smallest absolute Gasteiger partial charge is 0.251 e. The summed E-state index contributed by atoms with van der Waals surface area (Å²) in [6.45, 7) is 7.12. The monoisotopic (exact) mass is 456 g/mol. The van der Waals surface area contributed by atoms with Crippen LogP contribution >= 0.6 is 11.3 Å². The van der Waals surface area contributed by atoms with Gasteiger partial charge < -0.3 is 20.5 Å². The fraction of sp³-hybridized carbons (Fsp3) is 0.440. The fourth-order valence-electron chi connectivity index (χ4n) is 3.74. The summed E-state index contributed by atoms with van der Waals surface area (Å²) in [6.07, 6.45) is 6.87. The number of amides is 2. The van der Waals surface area contributed by atoms with E-state index < -0.39 is 5.91 Å². The molecule has 172 valence electrons. The second kappa shape index (κ2) is 10.7. The fourth-order valence-corrected chi connectivity index (χ4v) is 5.16. The SMILES string of the molecule is COc1cc(/C=C/C(=O)Nc2sc3c(c2C(N)=O)CCC(C)C3)ccc1OCCC(C)C. The highest BCUT2D eigenvalue weighted by atomic mass is 32.1. The van der Waals surface area contributed by atoms with Gasteiger partial charge in [-0.05, 0) is 66.9 Å². The van der Waals surface area contributed by atoms with Crippen LogP contribution in [-0.2, 0) is 17.6 Å². The number of thiophene rings is 1. The normalized spacial score (nSPS) is 15.6. The molecule has 0 aliphatic heterocycles. The highest BCUT2D eigenvalue weighted by Crippen LogP contribution is 2.39. The number of ether oxygens (including phenoxy) is 2. The Kier molecular flexibility index (Phi) is 7.96. The van der Waals surface area contributed by atoms with E-state index in [0.717, 1.165) is 41.7 Å². The third kappa shape index (κ3) is 5.91. The molecule has 0 saturated heterocycles. The van der Waals surface area contributed by atoms with E-state index in [1.165, 1.54) is 17.4 Å². The van der Waals surface area contributed by atoms with E-state index in [0.29, 0.717) is 40.5 Å². The van der Waals surface area contributed by atoms with Gasteiger partial charge in [0.2, 0.25) is 5.91 Å². The lowest BCUT2D eigenvalue weighted by Crippen LogP contribution is -2.18. The Bertz CT molecular complexity index is 1010. The van der Waals surface area contributed by atoms with Gasteiger partial charge in [0.1, 0.15) is 5.00 Å². The van der Waals surface area contributed by atoms with Crippen molar-refractivity contribution in [2.75, 3.05) is 19.0 Å². The van der Waals surface area contributed by atoms with Crippen LogP contribution < -0.4 is 20.5 Å². The molecule has 0 bridgehead atoms. The van der Waals surface area contributed by atoms with Crippen LogP contribution in [0.1, 0.15) is 60.0 Å². The number of fused-ring (bicyclic) bond motifs is 1. The molecule has 0 radical (unpaired) electrons. The molecule has 1 aliphatic rings. The average molecular weight is 457 g/mol. The summed E-state index contributed by atoms with van der Waals surface area (Å²) in [5.74, 6) is 1.63. The molecule has 1 aromatic carbocycles. The number of carbonyl (C=O) groups excluding carboxylic acids is 2.